The first kappa shape index (κ1) is 50.9. The van der Waals surface area contributed by atoms with Gasteiger partial charge in [-0.2, -0.15) is 0 Å². The van der Waals surface area contributed by atoms with Crippen molar-refractivity contribution in [1.29, 1.82) is 0 Å². The van der Waals surface area contributed by atoms with Gasteiger partial charge in [0.1, 0.15) is 24.4 Å². The number of amides is 1. The van der Waals surface area contributed by atoms with E-state index in [1.807, 2.05) is 6.08 Å². The van der Waals surface area contributed by atoms with Gasteiger partial charge in [-0.1, -0.05) is 199 Å². The first-order chi connectivity index (χ1) is 26.3. The molecule has 9 nitrogen and oxygen atoms in total. The Morgan fingerprint density at radius 2 is 1.02 bits per heavy atom. The van der Waals surface area contributed by atoms with Gasteiger partial charge in [-0.25, -0.2) is 0 Å². The van der Waals surface area contributed by atoms with Crippen LogP contribution in [0.15, 0.2) is 12.2 Å². The summed E-state index contributed by atoms with van der Waals surface area (Å²) in [5.41, 5.74) is 0. The summed E-state index contributed by atoms with van der Waals surface area (Å²) in [5.74, 6) is -0.189. The van der Waals surface area contributed by atoms with E-state index in [2.05, 4.69) is 19.2 Å². The largest absolute Gasteiger partial charge is 0.394 e. The summed E-state index contributed by atoms with van der Waals surface area (Å²) in [4.78, 5) is 12.7. The number of carbonyl (C=O) groups is 1. The van der Waals surface area contributed by atoms with Gasteiger partial charge in [0.05, 0.1) is 25.4 Å². The number of ether oxygens (including phenoxy) is 2. The van der Waals surface area contributed by atoms with Crippen molar-refractivity contribution in [2.75, 3.05) is 13.2 Å². The Labute approximate surface area is 331 Å². The summed E-state index contributed by atoms with van der Waals surface area (Å²) >= 11 is 0. The number of carbonyl (C=O) groups excluding carboxylic acids is 1. The van der Waals surface area contributed by atoms with Crippen LogP contribution in [0.3, 0.4) is 0 Å². The van der Waals surface area contributed by atoms with Gasteiger partial charge < -0.3 is 40.3 Å². The van der Waals surface area contributed by atoms with Gasteiger partial charge in [0.15, 0.2) is 6.29 Å². The van der Waals surface area contributed by atoms with Crippen LogP contribution in [0.4, 0.5) is 0 Å². The van der Waals surface area contributed by atoms with Gasteiger partial charge in [-0.15, -0.1) is 0 Å². The Balaban J connectivity index is 2.14. The molecule has 7 atom stereocenters. The summed E-state index contributed by atoms with van der Waals surface area (Å²) in [6.07, 6.45) is 34.7. The molecule has 1 aliphatic rings. The lowest BCUT2D eigenvalue weighted by atomic mass is 9.99. The van der Waals surface area contributed by atoms with Crippen LogP contribution in [-0.4, -0.2) is 87.5 Å². The molecule has 320 valence electrons. The molecule has 0 spiro atoms. The average Bonchev–Trinajstić information content (AvgIpc) is 3.17. The zero-order valence-electron chi connectivity index (χ0n) is 35.0. The number of allylic oxidation sites excluding steroid dienone is 1. The SMILES string of the molecule is CCCCCCCCCCCCCCCCCCCCCCCCCC/C=C/C(O)C(COC1OC(CO)C(O)C(O)C1O)NC(=O)CCCCCCC. The molecular formula is C45H87NO8. The van der Waals surface area contributed by atoms with Crippen LogP contribution in [0, 0.1) is 0 Å². The van der Waals surface area contributed by atoms with E-state index >= 15 is 0 Å². The molecule has 0 aromatic carbocycles. The van der Waals surface area contributed by atoms with E-state index in [4.69, 9.17) is 9.47 Å². The second-order valence-electron chi connectivity index (χ2n) is 16.2. The fraction of sp³-hybridized carbons (Fsp3) is 0.933. The minimum absolute atomic E-state index is 0.185. The van der Waals surface area contributed by atoms with Gasteiger partial charge in [-0.05, 0) is 19.3 Å². The van der Waals surface area contributed by atoms with Crippen molar-refractivity contribution >= 4 is 5.91 Å². The lowest BCUT2D eigenvalue weighted by Crippen LogP contribution is -2.60. The van der Waals surface area contributed by atoms with E-state index in [9.17, 15) is 30.3 Å². The molecule has 9 heteroatoms. The Morgan fingerprint density at radius 3 is 1.44 bits per heavy atom. The van der Waals surface area contributed by atoms with Crippen molar-refractivity contribution in [3.8, 4) is 0 Å². The molecule has 7 unspecified atom stereocenters. The van der Waals surface area contributed by atoms with Gasteiger partial charge in [0.2, 0.25) is 5.91 Å². The van der Waals surface area contributed by atoms with E-state index in [1.165, 1.54) is 141 Å². The average molecular weight is 770 g/mol. The van der Waals surface area contributed by atoms with Gasteiger partial charge in [-0.3, -0.25) is 4.79 Å². The second kappa shape index (κ2) is 36.3. The van der Waals surface area contributed by atoms with E-state index in [0.29, 0.717) is 6.42 Å². The Bertz CT molecular complexity index is 858. The highest BCUT2D eigenvalue weighted by molar-refractivity contribution is 5.76. The second-order valence-corrected chi connectivity index (χ2v) is 16.2. The fourth-order valence-electron chi connectivity index (χ4n) is 7.39. The van der Waals surface area contributed by atoms with Crippen LogP contribution >= 0.6 is 0 Å². The smallest absolute Gasteiger partial charge is 0.220 e. The van der Waals surface area contributed by atoms with Crippen molar-refractivity contribution in [3.63, 3.8) is 0 Å². The molecule has 1 rings (SSSR count). The number of aliphatic hydroxyl groups is 5. The first-order valence-electron chi connectivity index (χ1n) is 22.9. The molecule has 1 saturated heterocycles. The summed E-state index contributed by atoms with van der Waals surface area (Å²) in [6, 6.07) is -0.795. The number of unbranched alkanes of at least 4 members (excludes halogenated alkanes) is 28. The highest BCUT2D eigenvalue weighted by Crippen LogP contribution is 2.23. The van der Waals surface area contributed by atoms with Crippen LogP contribution < -0.4 is 5.32 Å². The maximum Gasteiger partial charge on any atom is 0.220 e. The predicted molar refractivity (Wildman–Crippen MR) is 221 cm³/mol. The van der Waals surface area contributed by atoms with Crippen molar-refractivity contribution < 1.29 is 39.8 Å². The molecule has 0 aliphatic carbocycles. The van der Waals surface area contributed by atoms with E-state index < -0.39 is 49.5 Å². The number of rotatable bonds is 38. The minimum atomic E-state index is -1.56. The summed E-state index contributed by atoms with van der Waals surface area (Å²) < 4.78 is 11.1. The molecule has 0 bridgehead atoms. The summed E-state index contributed by atoms with van der Waals surface area (Å²) in [6.45, 7) is 3.68. The van der Waals surface area contributed by atoms with Crippen molar-refractivity contribution in [1.82, 2.24) is 5.32 Å². The zero-order chi connectivity index (χ0) is 39.5. The minimum Gasteiger partial charge on any atom is -0.394 e. The fourth-order valence-corrected chi connectivity index (χ4v) is 7.39. The molecule has 0 aromatic rings. The van der Waals surface area contributed by atoms with Crippen LogP contribution in [0.5, 0.6) is 0 Å². The molecule has 0 aromatic heterocycles. The normalized spacial score (nSPS) is 21.5. The maximum atomic E-state index is 12.7. The van der Waals surface area contributed by atoms with Crippen LogP contribution in [0.1, 0.15) is 213 Å². The van der Waals surface area contributed by atoms with Crippen molar-refractivity contribution in [2.24, 2.45) is 0 Å². The predicted octanol–water partition coefficient (Wildman–Crippen LogP) is 9.34. The molecule has 1 amide bonds. The molecular weight excluding hydrogens is 682 g/mol. The molecule has 1 aliphatic heterocycles. The first-order valence-corrected chi connectivity index (χ1v) is 22.9. The number of aliphatic hydroxyl groups excluding tert-OH is 5. The number of hydrogen-bond donors (Lipinski definition) is 6. The van der Waals surface area contributed by atoms with Crippen molar-refractivity contribution in [2.45, 2.75) is 256 Å². The highest BCUT2D eigenvalue weighted by atomic mass is 16.7. The lowest BCUT2D eigenvalue weighted by Gasteiger charge is -2.40. The Morgan fingerprint density at radius 1 is 0.611 bits per heavy atom. The Hall–Kier alpha value is -1.07. The maximum absolute atomic E-state index is 12.7. The quantitative estimate of drug-likeness (QED) is 0.0269. The van der Waals surface area contributed by atoms with Gasteiger partial charge >= 0.3 is 0 Å². The summed E-state index contributed by atoms with van der Waals surface area (Å²) in [5, 5.41) is 53.8. The van der Waals surface area contributed by atoms with Crippen LogP contribution in [0.25, 0.3) is 0 Å². The van der Waals surface area contributed by atoms with Gasteiger partial charge in [0.25, 0.3) is 0 Å². The molecule has 0 saturated carbocycles. The third-order valence-corrected chi connectivity index (χ3v) is 11.1. The molecule has 6 N–H and O–H groups in total. The zero-order valence-corrected chi connectivity index (χ0v) is 35.0. The van der Waals surface area contributed by atoms with Crippen LogP contribution in [0.2, 0.25) is 0 Å². The monoisotopic (exact) mass is 770 g/mol. The molecule has 1 heterocycles. The molecule has 0 radical (unpaired) electrons. The van der Waals surface area contributed by atoms with Crippen LogP contribution in [-0.2, 0) is 14.3 Å². The third kappa shape index (κ3) is 26.7. The Kier molecular flexibility index (Phi) is 34.2. The third-order valence-electron chi connectivity index (χ3n) is 11.1. The van der Waals surface area contributed by atoms with E-state index in [1.54, 1.807) is 6.08 Å². The van der Waals surface area contributed by atoms with E-state index in [-0.39, 0.29) is 12.5 Å². The topological polar surface area (TPSA) is 149 Å². The molecule has 1 fully saturated rings. The molecule has 54 heavy (non-hydrogen) atoms. The number of hydrogen-bond acceptors (Lipinski definition) is 8. The highest BCUT2D eigenvalue weighted by Gasteiger charge is 2.44. The van der Waals surface area contributed by atoms with E-state index in [0.717, 1.165) is 51.4 Å². The number of nitrogens with one attached hydrogen (secondary N) is 1. The van der Waals surface area contributed by atoms with Crippen molar-refractivity contribution in [3.05, 3.63) is 12.2 Å². The summed E-state index contributed by atoms with van der Waals surface area (Å²) in [7, 11) is 0. The van der Waals surface area contributed by atoms with Gasteiger partial charge in [0, 0.05) is 6.42 Å². The lowest BCUT2D eigenvalue weighted by molar-refractivity contribution is -0.302. The standard InChI is InChI=1S/C45H87NO8/c1-3-5-7-9-10-11-12-13-14-15-16-17-18-19-20-21-22-23-24-25-26-27-28-29-31-32-34-39(48)38(46-41(49)35-33-30-8-6-4-2)37-53-45-44(52)43(51)42(50)40(36-47)54-45/h32,34,38-40,42-45,47-48,50-52H,3-31,33,35-37H2,1-2H3,(H,46,49)/b34-32+.